The molecule has 3 amide bonds. The van der Waals surface area contributed by atoms with E-state index in [-0.39, 0.29) is 30.9 Å². The van der Waals surface area contributed by atoms with Crippen molar-refractivity contribution < 1.29 is 24.6 Å². The summed E-state index contributed by atoms with van der Waals surface area (Å²) < 4.78 is 0. The van der Waals surface area contributed by atoms with E-state index >= 15 is 0 Å². The van der Waals surface area contributed by atoms with Crippen molar-refractivity contribution in [3.63, 3.8) is 0 Å². The maximum atomic E-state index is 14.1. The van der Waals surface area contributed by atoms with Gasteiger partial charge in [-0.3, -0.25) is 14.4 Å². The summed E-state index contributed by atoms with van der Waals surface area (Å²) in [6.45, 7) is 2.99. The van der Waals surface area contributed by atoms with Crippen LogP contribution in [0.1, 0.15) is 54.9 Å². The van der Waals surface area contributed by atoms with Gasteiger partial charge >= 0.3 is 0 Å². The van der Waals surface area contributed by atoms with Crippen LogP contribution in [0.4, 0.5) is 11.4 Å². The van der Waals surface area contributed by atoms with Crippen LogP contribution in [-0.4, -0.2) is 52.0 Å². The highest BCUT2D eigenvalue weighted by Crippen LogP contribution is 2.47. The first kappa shape index (κ1) is 29.8. The molecule has 0 spiro atoms. The van der Waals surface area contributed by atoms with E-state index in [2.05, 4.69) is 0 Å². The average Bonchev–Trinajstić information content (AvgIpc) is 3.26. The summed E-state index contributed by atoms with van der Waals surface area (Å²) >= 11 is 0. The van der Waals surface area contributed by atoms with Gasteiger partial charge < -0.3 is 24.9 Å². The van der Waals surface area contributed by atoms with Crippen LogP contribution < -0.4 is 9.80 Å². The third-order valence-electron chi connectivity index (χ3n) is 9.33. The van der Waals surface area contributed by atoms with Crippen molar-refractivity contribution in [1.82, 2.24) is 4.90 Å². The largest absolute Gasteiger partial charge is 0.394 e. The molecule has 228 valence electrons. The molecule has 0 aromatic heterocycles. The van der Waals surface area contributed by atoms with E-state index in [0.717, 1.165) is 29.5 Å². The number of carbonyl (C=O) groups excluding carboxylic acids is 3. The van der Waals surface area contributed by atoms with Gasteiger partial charge in [-0.15, -0.1) is 0 Å². The van der Waals surface area contributed by atoms with Crippen LogP contribution in [0, 0.1) is 5.92 Å². The van der Waals surface area contributed by atoms with Crippen LogP contribution in [0.5, 0.6) is 0 Å². The van der Waals surface area contributed by atoms with Gasteiger partial charge in [-0.1, -0.05) is 73.7 Å². The summed E-state index contributed by atoms with van der Waals surface area (Å²) in [5.74, 6) is -1.18. The number of anilines is 2. The third-order valence-corrected chi connectivity index (χ3v) is 9.33. The number of aliphatic hydroxyl groups is 2. The monoisotopic (exact) mass is 593 g/mol. The zero-order valence-corrected chi connectivity index (χ0v) is 25.1. The first-order valence-electron chi connectivity index (χ1n) is 15.5. The predicted octanol–water partition coefficient (Wildman–Crippen LogP) is 4.47. The predicted molar refractivity (Wildman–Crippen MR) is 169 cm³/mol. The molecule has 0 radical (unpaired) electrons. The highest BCUT2D eigenvalue weighted by molar-refractivity contribution is 6.08. The summed E-state index contributed by atoms with van der Waals surface area (Å²) in [6, 6.07) is 22.8. The Bertz CT molecular complexity index is 1590. The van der Waals surface area contributed by atoms with Crippen molar-refractivity contribution in [3.8, 4) is 0 Å². The van der Waals surface area contributed by atoms with Gasteiger partial charge in [0.25, 0.3) is 5.91 Å². The Kier molecular flexibility index (Phi) is 8.38. The number of rotatable bonds is 8. The molecule has 0 aliphatic carbocycles. The molecule has 8 heteroatoms. The summed E-state index contributed by atoms with van der Waals surface area (Å²) in [5.41, 5.74) is 3.03. The van der Waals surface area contributed by atoms with Crippen molar-refractivity contribution >= 4 is 29.1 Å². The summed E-state index contributed by atoms with van der Waals surface area (Å²) in [6.07, 6.45) is 6.36. The lowest BCUT2D eigenvalue weighted by molar-refractivity contribution is -0.139. The lowest BCUT2D eigenvalue weighted by Crippen LogP contribution is -2.46. The fourth-order valence-electron chi connectivity index (χ4n) is 6.78. The van der Waals surface area contributed by atoms with Gasteiger partial charge in [0.15, 0.2) is 5.60 Å². The minimum Gasteiger partial charge on any atom is -0.394 e. The smallest absolute Gasteiger partial charge is 0.264 e. The maximum absolute atomic E-state index is 14.1. The molecule has 1 saturated heterocycles. The summed E-state index contributed by atoms with van der Waals surface area (Å²) in [5, 5.41) is 22.2. The Hall–Kier alpha value is -4.27. The molecule has 1 fully saturated rings. The van der Waals surface area contributed by atoms with Crippen LogP contribution in [0.15, 0.2) is 84.9 Å². The van der Waals surface area contributed by atoms with Crippen LogP contribution >= 0.6 is 0 Å². The van der Waals surface area contributed by atoms with Crippen LogP contribution in [0.2, 0.25) is 0 Å². The fourth-order valence-corrected chi connectivity index (χ4v) is 6.78. The summed E-state index contributed by atoms with van der Waals surface area (Å²) in [7, 11) is 0. The highest BCUT2D eigenvalue weighted by Gasteiger charge is 2.52. The molecule has 3 aromatic rings. The molecule has 6 rings (SSSR count). The Labute approximate surface area is 258 Å². The molecule has 0 unspecified atom stereocenters. The Morgan fingerprint density at radius 2 is 1.77 bits per heavy atom. The zero-order chi connectivity index (χ0) is 30.8. The lowest BCUT2D eigenvalue weighted by atomic mass is 9.82. The minimum absolute atomic E-state index is 0.0400. The number of hydrogen-bond acceptors (Lipinski definition) is 5. The minimum atomic E-state index is -1.88. The SMILES string of the molecule is C[C@@H](/C=C/CC(=O)N1Cc2ccccc2C[C@H]1CO)[C@]1(O)C(=O)N(Cc2ccccc2)c2ccc(N3CCCCC3=O)cc21. The van der Waals surface area contributed by atoms with Gasteiger partial charge in [0, 0.05) is 43.1 Å². The Balaban J connectivity index is 1.26. The number of piperidine rings is 1. The van der Waals surface area contributed by atoms with Crippen LogP contribution in [-0.2, 0) is 39.5 Å². The normalized spacial score (nSPS) is 22.3. The lowest BCUT2D eigenvalue weighted by Gasteiger charge is -2.36. The van der Waals surface area contributed by atoms with E-state index in [1.165, 1.54) is 0 Å². The van der Waals surface area contributed by atoms with E-state index < -0.39 is 17.4 Å². The van der Waals surface area contributed by atoms with Gasteiger partial charge in [-0.05, 0) is 54.2 Å². The summed E-state index contributed by atoms with van der Waals surface area (Å²) in [4.78, 5) is 45.2. The van der Waals surface area contributed by atoms with Crippen LogP contribution in [0.25, 0.3) is 0 Å². The van der Waals surface area contributed by atoms with Crippen molar-refractivity contribution in [1.29, 1.82) is 0 Å². The second kappa shape index (κ2) is 12.4. The second-order valence-electron chi connectivity index (χ2n) is 12.1. The van der Waals surface area contributed by atoms with E-state index in [1.54, 1.807) is 39.8 Å². The molecule has 3 aromatic carbocycles. The van der Waals surface area contributed by atoms with E-state index in [9.17, 15) is 24.6 Å². The second-order valence-corrected chi connectivity index (χ2v) is 12.1. The molecule has 3 aliphatic rings. The molecule has 8 nitrogen and oxygen atoms in total. The standard InChI is InChI=1S/C36H39N3O5/c1-25(10-9-16-34(42)38-23-28-14-6-5-13-27(28)20-30(38)24-40)36(44)31-21-29(37-19-8-7-15-33(37)41)17-18-32(31)39(35(36)43)22-26-11-3-2-4-12-26/h2-6,9-14,17-18,21,25,30,40,44H,7-8,15-16,19-20,22-24H2,1H3/b10-9+/t25-,30-,36+/m0/s1. The number of aliphatic hydroxyl groups excluding tert-OH is 1. The maximum Gasteiger partial charge on any atom is 0.264 e. The van der Waals surface area contributed by atoms with Gasteiger partial charge in [-0.2, -0.15) is 0 Å². The number of hydrogen-bond donors (Lipinski definition) is 2. The Morgan fingerprint density at radius 1 is 1.02 bits per heavy atom. The van der Waals surface area contributed by atoms with E-state index in [1.807, 2.05) is 66.7 Å². The van der Waals surface area contributed by atoms with E-state index in [4.69, 9.17) is 0 Å². The van der Waals surface area contributed by atoms with E-state index in [0.29, 0.717) is 49.4 Å². The van der Waals surface area contributed by atoms with Crippen molar-refractivity contribution in [2.45, 2.75) is 63.8 Å². The number of benzene rings is 3. The highest BCUT2D eigenvalue weighted by atomic mass is 16.3. The van der Waals surface area contributed by atoms with Gasteiger partial charge in [0.2, 0.25) is 11.8 Å². The Morgan fingerprint density at radius 3 is 2.52 bits per heavy atom. The average molecular weight is 594 g/mol. The third kappa shape index (κ3) is 5.44. The molecule has 0 bridgehead atoms. The first-order chi connectivity index (χ1) is 21.3. The molecule has 0 saturated carbocycles. The number of amides is 3. The van der Waals surface area contributed by atoms with Crippen LogP contribution in [0.3, 0.4) is 0 Å². The quantitative estimate of drug-likeness (QED) is 0.376. The fraction of sp³-hybridized carbons (Fsp3) is 0.361. The van der Waals surface area contributed by atoms with Crippen molar-refractivity contribution in [2.24, 2.45) is 5.92 Å². The number of fused-ring (bicyclic) bond motifs is 2. The molecule has 44 heavy (non-hydrogen) atoms. The molecule has 2 N–H and O–H groups in total. The van der Waals surface area contributed by atoms with Gasteiger partial charge in [0.1, 0.15) is 0 Å². The number of carbonyl (C=O) groups is 3. The first-order valence-corrected chi connectivity index (χ1v) is 15.5. The number of nitrogens with zero attached hydrogens (tertiary/aromatic N) is 3. The molecular formula is C36H39N3O5. The zero-order valence-electron chi connectivity index (χ0n) is 25.1. The van der Waals surface area contributed by atoms with Crippen molar-refractivity contribution in [3.05, 3.63) is 107 Å². The topological polar surface area (TPSA) is 101 Å². The molecule has 3 atom stereocenters. The molecule has 3 heterocycles. The molecular weight excluding hydrogens is 554 g/mol. The molecule has 3 aliphatic heterocycles. The van der Waals surface area contributed by atoms with Gasteiger partial charge in [-0.25, -0.2) is 0 Å². The van der Waals surface area contributed by atoms with Gasteiger partial charge in [0.05, 0.1) is 24.9 Å². The van der Waals surface area contributed by atoms with Crippen molar-refractivity contribution in [2.75, 3.05) is 23.0 Å².